The normalized spacial score (nSPS) is 12.5. The zero-order valence-electron chi connectivity index (χ0n) is 17.0. The van der Waals surface area contributed by atoms with Crippen LogP contribution in [-0.2, 0) is 11.2 Å². The number of amides is 1. The molecule has 1 amide bonds. The molecular formula is C24H20N6O2. The number of H-pyrrole nitrogens is 1. The molecule has 0 aliphatic rings. The lowest BCUT2D eigenvalue weighted by atomic mass is 9.98. The molecule has 5 aromatic rings. The lowest BCUT2D eigenvalue weighted by Gasteiger charge is -2.16. The van der Waals surface area contributed by atoms with Gasteiger partial charge in [-0.2, -0.15) is 0 Å². The Bertz CT molecular complexity index is 1400. The topological polar surface area (TPSA) is 109 Å². The van der Waals surface area contributed by atoms with Gasteiger partial charge in [0.15, 0.2) is 0 Å². The molecule has 158 valence electrons. The molecule has 0 radical (unpaired) electrons. The number of fused-ring (bicyclic) bond motifs is 2. The Labute approximate surface area is 183 Å². The minimum Gasteiger partial charge on any atom is -0.340 e. The van der Waals surface area contributed by atoms with Crippen molar-refractivity contribution in [3.05, 3.63) is 96.1 Å². The Kier molecular flexibility index (Phi) is 5.19. The first-order chi connectivity index (χ1) is 15.7. The highest BCUT2D eigenvalue weighted by Gasteiger charge is 2.21. The summed E-state index contributed by atoms with van der Waals surface area (Å²) in [6, 6.07) is 22.2. The van der Waals surface area contributed by atoms with Gasteiger partial charge in [-0.15, -0.1) is 5.10 Å². The molecule has 0 fully saturated rings. The van der Waals surface area contributed by atoms with E-state index >= 15 is 0 Å². The highest BCUT2D eigenvalue weighted by molar-refractivity contribution is 5.90. The van der Waals surface area contributed by atoms with Gasteiger partial charge in [0.25, 0.3) is 5.91 Å². The fraction of sp³-hybridized carbons (Fsp3) is 0.0833. The molecule has 1 atom stereocenters. The monoisotopic (exact) mass is 424 g/mol. The predicted molar refractivity (Wildman–Crippen MR) is 121 cm³/mol. The van der Waals surface area contributed by atoms with Crippen LogP contribution in [0.25, 0.3) is 27.9 Å². The first-order valence-electron chi connectivity index (χ1n) is 10.2. The molecule has 1 unspecified atom stereocenters. The molecule has 8 heteroatoms. The van der Waals surface area contributed by atoms with Crippen LogP contribution in [0.1, 0.15) is 23.1 Å². The van der Waals surface area contributed by atoms with Crippen LogP contribution in [0, 0.1) is 0 Å². The second-order valence-electron chi connectivity index (χ2n) is 7.43. The van der Waals surface area contributed by atoms with Crippen LogP contribution >= 0.6 is 0 Å². The highest BCUT2D eigenvalue weighted by Crippen LogP contribution is 2.27. The van der Waals surface area contributed by atoms with Gasteiger partial charge >= 0.3 is 0 Å². The number of nitrogens with zero attached hydrogens (tertiary/aromatic N) is 4. The number of hydrogen-bond donors (Lipinski definition) is 3. The number of rotatable bonds is 6. The Morgan fingerprint density at radius 2 is 1.91 bits per heavy atom. The number of aromatic nitrogens is 5. The van der Waals surface area contributed by atoms with Crippen molar-refractivity contribution in [2.24, 2.45) is 0 Å². The molecule has 0 saturated carbocycles. The molecular weight excluding hydrogens is 404 g/mol. The maximum absolute atomic E-state index is 11.3. The Morgan fingerprint density at radius 1 is 1.09 bits per heavy atom. The number of aromatic amines is 1. The van der Waals surface area contributed by atoms with E-state index in [0.29, 0.717) is 12.1 Å². The van der Waals surface area contributed by atoms with Crippen molar-refractivity contribution >= 4 is 33.8 Å². The number of carbonyl (C=O) groups is 1. The summed E-state index contributed by atoms with van der Waals surface area (Å²) in [6.45, 7) is 0. The maximum atomic E-state index is 11.3. The molecule has 3 aromatic carbocycles. The first kappa shape index (κ1) is 19.7. The van der Waals surface area contributed by atoms with E-state index in [2.05, 4.69) is 45.6 Å². The number of imidazole rings is 1. The fourth-order valence-corrected chi connectivity index (χ4v) is 3.84. The molecule has 0 saturated heterocycles. The van der Waals surface area contributed by atoms with Crippen molar-refractivity contribution in [2.45, 2.75) is 12.5 Å². The smallest absolute Gasteiger partial charge is 0.267 e. The summed E-state index contributed by atoms with van der Waals surface area (Å²) < 4.78 is 1.75. The molecule has 3 N–H and O–H groups in total. The average molecular weight is 424 g/mol. The van der Waals surface area contributed by atoms with Crippen molar-refractivity contribution in [3.63, 3.8) is 0 Å². The number of hydrogen-bond acceptors (Lipinski definition) is 5. The van der Waals surface area contributed by atoms with E-state index in [0.717, 1.165) is 16.9 Å². The van der Waals surface area contributed by atoms with Crippen LogP contribution in [0.3, 0.4) is 0 Å². The molecule has 2 heterocycles. The van der Waals surface area contributed by atoms with Crippen molar-refractivity contribution in [2.75, 3.05) is 0 Å². The molecule has 0 spiro atoms. The van der Waals surface area contributed by atoms with Crippen molar-refractivity contribution < 1.29 is 10.0 Å². The predicted octanol–water partition coefficient (Wildman–Crippen LogP) is 3.66. The largest absolute Gasteiger partial charge is 0.340 e. The minimum atomic E-state index is -0.635. The van der Waals surface area contributed by atoms with E-state index in [1.807, 2.05) is 36.4 Å². The Balaban J connectivity index is 1.57. The molecule has 5 rings (SSSR count). The van der Waals surface area contributed by atoms with Crippen LogP contribution in [0.4, 0.5) is 0 Å². The molecule has 0 bridgehead atoms. The van der Waals surface area contributed by atoms with Gasteiger partial charge in [-0.1, -0.05) is 59.8 Å². The van der Waals surface area contributed by atoms with E-state index < -0.39 is 5.91 Å². The van der Waals surface area contributed by atoms with Crippen molar-refractivity contribution in [3.8, 4) is 0 Å². The summed E-state index contributed by atoms with van der Waals surface area (Å²) in [6.07, 6.45) is 5.08. The Hall–Kier alpha value is -4.30. The summed E-state index contributed by atoms with van der Waals surface area (Å²) in [5.41, 5.74) is 5.05. The van der Waals surface area contributed by atoms with E-state index in [1.54, 1.807) is 16.4 Å². The van der Waals surface area contributed by atoms with Crippen LogP contribution in [0.5, 0.6) is 0 Å². The summed E-state index contributed by atoms with van der Waals surface area (Å²) in [7, 11) is 0. The van der Waals surface area contributed by atoms with E-state index in [4.69, 9.17) is 10.2 Å². The molecule has 8 nitrogen and oxygen atoms in total. The second-order valence-corrected chi connectivity index (χ2v) is 7.43. The minimum absolute atomic E-state index is 0.241. The van der Waals surface area contributed by atoms with Crippen LogP contribution in [0.2, 0.25) is 0 Å². The number of benzene rings is 3. The third kappa shape index (κ3) is 3.86. The molecule has 0 aliphatic carbocycles. The number of para-hydroxylation sites is 2. The fourth-order valence-electron chi connectivity index (χ4n) is 3.84. The van der Waals surface area contributed by atoms with Gasteiger partial charge in [0.05, 0.1) is 17.2 Å². The van der Waals surface area contributed by atoms with Crippen LogP contribution in [0.15, 0.2) is 79.0 Å². The SMILES string of the molecule is O=C(/C=C/c1cn(C(Cc2cccc3ccccc23)c2nc3ccccc3[nH]2)nn1)NO. The molecule has 0 aliphatic heterocycles. The van der Waals surface area contributed by atoms with Crippen LogP contribution < -0.4 is 5.48 Å². The lowest BCUT2D eigenvalue weighted by molar-refractivity contribution is -0.124. The van der Waals surface area contributed by atoms with Crippen molar-refractivity contribution in [1.29, 1.82) is 0 Å². The van der Waals surface area contributed by atoms with Gasteiger partial charge in [0, 0.05) is 12.5 Å². The second kappa shape index (κ2) is 8.44. The van der Waals surface area contributed by atoms with Gasteiger partial charge in [-0.25, -0.2) is 15.1 Å². The van der Waals surface area contributed by atoms with Crippen molar-refractivity contribution in [1.82, 2.24) is 30.4 Å². The number of hydroxylamine groups is 1. The summed E-state index contributed by atoms with van der Waals surface area (Å²) in [5, 5.41) is 19.5. The number of nitrogens with one attached hydrogen (secondary N) is 2. The van der Waals surface area contributed by atoms with Crippen LogP contribution in [-0.4, -0.2) is 36.1 Å². The summed E-state index contributed by atoms with van der Waals surface area (Å²) in [5.74, 6) is 0.136. The van der Waals surface area contributed by atoms with E-state index in [-0.39, 0.29) is 6.04 Å². The van der Waals surface area contributed by atoms with Gasteiger partial charge in [0.1, 0.15) is 17.6 Å². The van der Waals surface area contributed by atoms with Gasteiger partial charge < -0.3 is 4.98 Å². The highest BCUT2D eigenvalue weighted by atomic mass is 16.5. The quantitative estimate of drug-likeness (QED) is 0.219. The van der Waals surface area contributed by atoms with E-state index in [1.165, 1.54) is 28.5 Å². The zero-order chi connectivity index (χ0) is 21.9. The summed E-state index contributed by atoms with van der Waals surface area (Å²) >= 11 is 0. The first-order valence-corrected chi connectivity index (χ1v) is 10.2. The van der Waals surface area contributed by atoms with Gasteiger partial charge in [-0.3, -0.25) is 10.0 Å². The molecule has 2 aromatic heterocycles. The lowest BCUT2D eigenvalue weighted by Crippen LogP contribution is -2.16. The summed E-state index contributed by atoms with van der Waals surface area (Å²) in [4.78, 5) is 19.5. The standard InChI is InChI=1S/C24H20N6O2/c31-23(28-32)13-12-18-15-30(29-27-18)22(24-25-20-10-3-4-11-21(20)26-24)14-17-8-5-7-16-6-1-2-9-19(16)17/h1-13,15,22,32H,14H2,(H,25,26)(H,28,31)/b13-12+. The van der Waals surface area contributed by atoms with E-state index in [9.17, 15) is 4.79 Å². The zero-order valence-corrected chi connectivity index (χ0v) is 17.0. The third-order valence-electron chi connectivity index (χ3n) is 5.38. The maximum Gasteiger partial charge on any atom is 0.267 e. The Morgan fingerprint density at radius 3 is 2.78 bits per heavy atom. The number of carbonyl (C=O) groups excluding carboxylic acids is 1. The average Bonchev–Trinajstić information content (AvgIpc) is 3.48. The van der Waals surface area contributed by atoms with Gasteiger partial charge in [-0.05, 0) is 34.5 Å². The third-order valence-corrected chi connectivity index (χ3v) is 5.38. The molecule has 32 heavy (non-hydrogen) atoms. The van der Waals surface area contributed by atoms with Gasteiger partial charge in [0.2, 0.25) is 0 Å².